The second kappa shape index (κ2) is 7.80. The van der Waals surface area contributed by atoms with Gasteiger partial charge in [0.2, 0.25) is 6.79 Å². The van der Waals surface area contributed by atoms with E-state index in [-0.39, 0.29) is 20.0 Å². The van der Waals surface area contributed by atoms with Crippen molar-refractivity contribution in [2.24, 2.45) is 0 Å². The first-order chi connectivity index (χ1) is 4.41. The van der Waals surface area contributed by atoms with Gasteiger partial charge in [0.25, 0.3) is 0 Å². The monoisotopic (exact) mass is 138 g/mol. The number of rotatable bonds is 6. The smallest absolute Gasteiger partial charge is 0.214 e. The Bertz CT molecular complexity index is 42.2. The molecule has 0 aliphatic carbocycles. The van der Waals surface area contributed by atoms with Gasteiger partial charge >= 0.3 is 0 Å². The normalized spacial score (nSPS) is 10.0. The zero-order valence-electron chi connectivity index (χ0n) is 5.20. The summed E-state index contributed by atoms with van der Waals surface area (Å²) in [5.41, 5.74) is 0. The predicted octanol–water partition coefficient (Wildman–Crippen LogP) is -0.538. The Labute approximate surface area is 52.9 Å². The molecule has 0 radical (unpaired) electrons. The highest BCUT2D eigenvalue weighted by molar-refractivity contribution is 4.11. The summed E-state index contributed by atoms with van der Waals surface area (Å²) in [4.78, 5) is 17.0. The Balaban J connectivity index is 2.60. The molecule has 0 aromatic heterocycles. The lowest BCUT2D eigenvalue weighted by molar-refractivity contribution is -0.411. The van der Waals surface area contributed by atoms with Crippen LogP contribution in [0.4, 0.5) is 0 Å². The van der Waals surface area contributed by atoms with Crippen molar-refractivity contribution in [3.63, 3.8) is 0 Å². The standard InChI is InChI=1S/C4H10O5/c1-6-8-4-9-7-3-2-5/h5H,2-4H2,1H3. The summed E-state index contributed by atoms with van der Waals surface area (Å²) >= 11 is 0. The first-order valence-corrected chi connectivity index (χ1v) is 2.42. The van der Waals surface area contributed by atoms with Crippen molar-refractivity contribution in [1.82, 2.24) is 0 Å². The van der Waals surface area contributed by atoms with Gasteiger partial charge in [-0.15, -0.1) is 0 Å². The maximum Gasteiger partial charge on any atom is 0.214 e. The van der Waals surface area contributed by atoms with Crippen molar-refractivity contribution in [2.45, 2.75) is 0 Å². The molecule has 0 aromatic carbocycles. The van der Waals surface area contributed by atoms with E-state index in [9.17, 15) is 0 Å². The molecular weight excluding hydrogens is 128 g/mol. The van der Waals surface area contributed by atoms with Gasteiger partial charge in [-0.05, 0) is 0 Å². The van der Waals surface area contributed by atoms with Gasteiger partial charge in [-0.3, -0.25) is 0 Å². The zero-order valence-corrected chi connectivity index (χ0v) is 5.20. The van der Waals surface area contributed by atoms with Crippen LogP contribution in [-0.2, 0) is 19.6 Å². The molecule has 0 spiro atoms. The van der Waals surface area contributed by atoms with Crippen LogP contribution in [0.25, 0.3) is 0 Å². The molecule has 5 nitrogen and oxygen atoms in total. The van der Waals surface area contributed by atoms with Gasteiger partial charge in [0.1, 0.15) is 6.61 Å². The lowest BCUT2D eigenvalue weighted by atomic mass is 10.8. The summed E-state index contributed by atoms with van der Waals surface area (Å²) in [5, 5.41) is 8.15. The minimum atomic E-state index is -0.101. The van der Waals surface area contributed by atoms with Crippen LogP contribution < -0.4 is 0 Å². The van der Waals surface area contributed by atoms with Crippen LogP contribution in [-0.4, -0.2) is 32.2 Å². The maximum absolute atomic E-state index is 8.15. The molecule has 0 bridgehead atoms. The highest BCUT2D eigenvalue weighted by Gasteiger charge is 1.85. The van der Waals surface area contributed by atoms with E-state index >= 15 is 0 Å². The average Bonchev–Trinajstić information content (AvgIpc) is 1.89. The molecule has 0 heterocycles. The summed E-state index contributed by atoms with van der Waals surface area (Å²) < 4.78 is 0. The van der Waals surface area contributed by atoms with E-state index in [0.717, 1.165) is 0 Å². The molecule has 56 valence electrons. The van der Waals surface area contributed by atoms with Crippen molar-refractivity contribution in [3.8, 4) is 0 Å². The molecule has 0 unspecified atom stereocenters. The summed E-state index contributed by atoms with van der Waals surface area (Å²) in [7, 11) is 1.36. The van der Waals surface area contributed by atoms with Crippen molar-refractivity contribution >= 4 is 0 Å². The molecule has 5 heteroatoms. The van der Waals surface area contributed by atoms with Gasteiger partial charge in [-0.1, -0.05) is 0 Å². The summed E-state index contributed by atoms with van der Waals surface area (Å²) in [6.45, 7) is -0.0451. The quantitative estimate of drug-likeness (QED) is 0.231. The molecule has 0 atom stereocenters. The third kappa shape index (κ3) is 7.80. The van der Waals surface area contributed by atoms with Gasteiger partial charge in [0.15, 0.2) is 0 Å². The predicted molar refractivity (Wildman–Crippen MR) is 27.1 cm³/mol. The Kier molecular flexibility index (Phi) is 7.63. The molecule has 1 N–H and O–H groups in total. The second-order valence-corrected chi connectivity index (χ2v) is 1.07. The molecule has 0 aliphatic rings. The fourth-order valence-electron chi connectivity index (χ4n) is 0.198. The van der Waals surface area contributed by atoms with E-state index in [1.807, 2.05) is 0 Å². The topological polar surface area (TPSA) is 57.2 Å². The van der Waals surface area contributed by atoms with Gasteiger partial charge in [0.05, 0.1) is 13.7 Å². The first-order valence-electron chi connectivity index (χ1n) is 2.42. The lowest BCUT2D eigenvalue weighted by Crippen LogP contribution is -2.03. The summed E-state index contributed by atoms with van der Waals surface area (Å²) in [5.74, 6) is 0. The van der Waals surface area contributed by atoms with Gasteiger partial charge < -0.3 is 5.11 Å². The summed E-state index contributed by atoms with van der Waals surface area (Å²) in [6, 6.07) is 0. The molecule has 0 aliphatic heterocycles. The minimum Gasteiger partial charge on any atom is -0.394 e. The number of aliphatic hydroxyl groups is 1. The molecular formula is C4H10O5. The third-order valence-corrected chi connectivity index (χ3v) is 0.472. The Morgan fingerprint density at radius 2 is 2.00 bits per heavy atom. The zero-order chi connectivity index (χ0) is 6.95. The van der Waals surface area contributed by atoms with E-state index in [1.165, 1.54) is 7.11 Å². The van der Waals surface area contributed by atoms with Crippen molar-refractivity contribution in [1.29, 1.82) is 0 Å². The number of hydrogen-bond acceptors (Lipinski definition) is 5. The van der Waals surface area contributed by atoms with Gasteiger partial charge in [0, 0.05) is 0 Å². The molecule has 0 rings (SSSR count). The molecule has 0 amide bonds. The van der Waals surface area contributed by atoms with E-state index in [4.69, 9.17) is 5.11 Å². The van der Waals surface area contributed by atoms with E-state index in [2.05, 4.69) is 19.6 Å². The largest absolute Gasteiger partial charge is 0.394 e. The minimum absolute atomic E-state index is 0.0764. The van der Waals surface area contributed by atoms with Crippen LogP contribution >= 0.6 is 0 Å². The van der Waals surface area contributed by atoms with Crippen LogP contribution in [0.2, 0.25) is 0 Å². The number of aliphatic hydroxyl groups excluding tert-OH is 1. The van der Waals surface area contributed by atoms with Crippen LogP contribution in [0.1, 0.15) is 0 Å². The fraction of sp³-hybridized carbons (Fsp3) is 1.00. The van der Waals surface area contributed by atoms with Gasteiger partial charge in [-0.2, -0.15) is 0 Å². The highest BCUT2D eigenvalue weighted by atomic mass is 17.3. The van der Waals surface area contributed by atoms with Crippen LogP contribution in [0.3, 0.4) is 0 Å². The van der Waals surface area contributed by atoms with E-state index in [1.54, 1.807) is 0 Å². The lowest BCUT2D eigenvalue weighted by Gasteiger charge is -1.99. The SMILES string of the molecule is COOCOOCCO. The van der Waals surface area contributed by atoms with E-state index < -0.39 is 0 Å². The Morgan fingerprint density at radius 3 is 2.56 bits per heavy atom. The molecule has 9 heavy (non-hydrogen) atoms. The molecule has 0 saturated carbocycles. The summed E-state index contributed by atoms with van der Waals surface area (Å²) in [6.07, 6.45) is 0. The van der Waals surface area contributed by atoms with Crippen molar-refractivity contribution in [3.05, 3.63) is 0 Å². The van der Waals surface area contributed by atoms with E-state index in [0.29, 0.717) is 0 Å². The highest BCUT2D eigenvalue weighted by Crippen LogP contribution is 1.78. The number of hydrogen-bond donors (Lipinski definition) is 1. The maximum atomic E-state index is 8.15. The average molecular weight is 138 g/mol. The van der Waals surface area contributed by atoms with Gasteiger partial charge in [-0.25, -0.2) is 19.6 Å². The van der Waals surface area contributed by atoms with Crippen LogP contribution in [0.5, 0.6) is 0 Å². The first kappa shape index (κ1) is 8.80. The third-order valence-electron chi connectivity index (χ3n) is 0.472. The van der Waals surface area contributed by atoms with Crippen molar-refractivity contribution in [2.75, 3.05) is 27.1 Å². The van der Waals surface area contributed by atoms with Crippen LogP contribution in [0, 0.1) is 0 Å². The Hall–Kier alpha value is -0.200. The van der Waals surface area contributed by atoms with Crippen LogP contribution in [0.15, 0.2) is 0 Å². The molecule has 0 saturated heterocycles. The Morgan fingerprint density at radius 1 is 1.22 bits per heavy atom. The molecule has 0 fully saturated rings. The second-order valence-electron chi connectivity index (χ2n) is 1.07. The molecule has 0 aromatic rings. The fourth-order valence-corrected chi connectivity index (χ4v) is 0.198. The van der Waals surface area contributed by atoms with Crippen molar-refractivity contribution < 1.29 is 24.7 Å².